The zero-order chi connectivity index (χ0) is 22.2. The van der Waals surface area contributed by atoms with Gasteiger partial charge in [-0.25, -0.2) is 4.79 Å². The lowest BCUT2D eigenvalue weighted by Gasteiger charge is -2.09. The number of ether oxygens (including phenoxy) is 2. The predicted octanol–water partition coefficient (Wildman–Crippen LogP) is 6.22. The molecule has 0 radical (unpaired) electrons. The van der Waals surface area contributed by atoms with Gasteiger partial charge in [-0.3, -0.25) is 4.79 Å². The van der Waals surface area contributed by atoms with Crippen LogP contribution in [0.25, 0.3) is 11.1 Å². The molecule has 1 N–H and O–H groups in total. The molecule has 0 spiro atoms. The van der Waals surface area contributed by atoms with Crippen molar-refractivity contribution in [2.45, 2.75) is 26.2 Å². The lowest BCUT2D eigenvalue weighted by molar-refractivity contribution is -0.116. The molecule has 7 heteroatoms. The minimum absolute atomic E-state index is 0.181. The molecule has 2 aromatic carbocycles. The summed E-state index contributed by atoms with van der Waals surface area (Å²) in [5, 5.41) is 5.74. The second-order valence-corrected chi connectivity index (χ2v) is 8.17. The van der Waals surface area contributed by atoms with Crippen molar-refractivity contribution < 1.29 is 19.1 Å². The summed E-state index contributed by atoms with van der Waals surface area (Å²) < 4.78 is 10.6. The van der Waals surface area contributed by atoms with Crippen molar-refractivity contribution in [2.24, 2.45) is 0 Å². The second kappa shape index (κ2) is 11.0. The normalized spacial score (nSPS) is 10.5. The number of hydrogen-bond donors (Lipinski definition) is 1. The molecule has 1 aromatic heterocycles. The van der Waals surface area contributed by atoms with E-state index < -0.39 is 5.97 Å². The molecular formula is C24H24ClNO4S. The van der Waals surface area contributed by atoms with Crippen LogP contribution in [-0.4, -0.2) is 25.6 Å². The molecule has 162 valence electrons. The maximum absolute atomic E-state index is 12.4. The van der Waals surface area contributed by atoms with Gasteiger partial charge in [0.15, 0.2) is 0 Å². The van der Waals surface area contributed by atoms with Crippen molar-refractivity contribution >= 4 is 39.8 Å². The van der Waals surface area contributed by atoms with E-state index in [4.69, 9.17) is 21.1 Å². The van der Waals surface area contributed by atoms with E-state index in [1.807, 2.05) is 41.8 Å². The van der Waals surface area contributed by atoms with Gasteiger partial charge < -0.3 is 14.8 Å². The van der Waals surface area contributed by atoms with Crippen molar-refractivity contribution in [3.8, 4) is 16.9 Å². The Bertz CT molecular complexity index is 1030. The molecule has 0 unspecified atom stereocenters. The van der Waals surface area contributed by atoms with E-state index in [9.17, 15) is 9.59 Å². The van der Waals surface area contributed by atoms with Crippen LogP contribution < -0.4 is 10.1 Å². The largest absolute Gasteiger partial charge is 0.494 e. The van der Waals surface area contributed by atoms with Gasteiger partial charge in [0, 0.05) is 22.4 Å². The summed E-state index contributed by atoms with van der Waals surface area (Å²) >= 11 is 7.25. The lowest BCUT2D eigenvalue weighted by atomic mass is 10.0. The summed E-state index contributed by atoms with van der Waals surface area (Å²) in [6.45, 7) is 2.54. The highest BCUT2D eigenvalue weighted by Crippen LogP contribution is 2.36. The summed E-state index contributed by atoms with van der Waals surface area (Å²) in [4.78, 5) is 24.8. The number of aryl methyl sites for hydroxylation is 1. The number of carbonyl (C=O) groups is 2. The summed E-state index contributed by atoms with van der Waals surface area (Å²) in [7, 11) is 1.32. The number of halogens is 1. The Balaban J connectivity index is 1.60. The number of carbonyl (C=O) groups excluding carboxylic acids is 2. The molecule has 0 aliphatic rings. The third-order valence-corrected chi connectivity index (χ3v) is 5.88. The van der Waals surface area contributed by atoms with Crippen LogP contribution in [0.3, 0.4) is 0 Å². The van der Waals surface area contributed by atoms with Crippen LogP contribution in [0.5, 0.6) is 5.75 Å². The SMILES string of the molecule is CCc1ccc(OCCCC(=O)Nc2scc(-c3ccc(Cl)cc3)c2C(=O)OC)cc1. The molecule has 0 atom stereocenters. The second-order valence-electron chi connectivity index (χ2n) is 6.85. The van der Waals surface area contributed by atoms with E-state index in [1.165, 1.54) is 24.0 Å². The van der Waals surface area contributed by atoms with Crippen molar-refractivity contribution in [1.29, 1.82) is 0 Å². The molecule has 31 heavy (non-hydrogen) atoms. The number of anilines is 1. The first-order valence-electron chi connectivity index (χ1n) is 9.99. The fourth-order valence-corrected chi connectivity index (χ4v) is 4.13. The molecule has 0 saturated heterocycles. The molecule has 0 aliphatic carbocycles. The molecule has 3 rings (SSSR count). The van der Waals surface area contributed by atoms with E-state index in [-0.39, 0.29) is 12.3 Å². The van der Waals surface area contributed by atoms with Crippen molar-refractivity contribution in [3.63, 3.8) is 0 Å². The van der Waals surface area contributed by atoms with Crippen LogP contribution in [0.4, 0.5) is 5.00 Å². The van der Waals surface area contributed by atoms with Crippen LogP contribution in [0.15, 0.2) is 53.9 Å². The molecule has 0 aliphatic heterocycles. The fourth-order valence-electron chi connectivity index (χ4n) is 3.03. The maximum Gasteiger partial charge on any atom is 0.341 e. The van der Waals surface area contributed by atoms with Gasteiger partial charge in [-0.2, -0.15) is 0 Å². The predicted molar refractivity (Wildman–Crippen MR) is 125 cm³/mol. The number of esters is 1. The van der Waals surface area contributed by atoms with Gasteiger partial charge >= 0.3 is 5.97 Å². The Morgan fingerprint density at radius 1 is 1.06 bits per heavy atom. The van der Waals surface area contributed by atoms with Crippen LogP contribution in [0.1, 0.15) is 35.7 Å². The molecular weight excluding hydrogens is 434 g/mol. The third kappa shape index (κ3) is 6.09. The lowest BCUT2D eigenvalue weighted by Crippen LogP contribution is -2.14. The van der Waals surface area contributed by atoms with E-state index in [0.717, 1.165) is 17.7 Å². The van der Waals surface area contributed by atoms with Crippen molar-refractivity contribution in [2.75, 3.05) is 19.0 Å². The Kier molecular flexibility index (Phi) is 8.09. The Hall–Kier alpha value is -2.83. The zero-order valence-corrected chi connectivity index (χ0v) is 19.0. The monoisotopic (exact) mass is 457 g/mol. The quantitative estimate of drug-likeness (QED) is 0.306. The standard InChI is InChI=1S/C24H24ClNO4S/c1-3-16-6-12-19(13-7-16)30-14-4-5-21(27)26-23-22(24(28)29-2)20(15-31-23)17-8-10-18(25)11-9-17/h6-13,15H,3-5,14H2,1-2H3,(H,26,27). The number of rotatable bonds is 9. The number of benzene rings is 2. The summed E-state index contributed by atoms with van der Waals surface area (Å²) in [5.41, 5.74) is 3.12. The average molecular weight is 458 g/mol. The van der Waals surface area contributed by atoms with Crippen LogP contribution >= 0.6 is 22.9 Å². The fraction of sp³-hybridized carbons (Fsp3) is 0.250. The summed E-state index contributed by atoms with van der Waals surface area (Å²) in [6, 6.07) is 15.1. The maximum atomic E-state index is 12.4. The van der Waals surface area contributed by atoms with Gasteiger partial charge in [0.25, 0.3) is 0 Å². The molecule has 0 bridgehead atoms. The van der Waals surface area contributed by atoms with Gasteiger partial charge in [0.2, 0.25) is 5.91 Å². The highest BCUT2D eigenvalue weighted by atomic mass is 35.5. The zero-order valence-electron chi connectivity index (χ0n) is 17.4. The van der Waals surface area contributed by atoms with Crippen LogP contribution in [0, 0.1) is 0 Å². The summed E-state index contributed by atoms with van der Waals surface area (Å²) in [6.07, 6.45) is 1.82. The minimum atomic E-state index is -0.500. The average Bonchev–Trinajstić information content (AvgIpc) is 3.20. The number of thiophene rings is 1. The van der Waals surface area contributed by atoms with Gasteiger partial charge in [0.05, 0.1) is 13.7 Å². The number of nitrogens with one attached hydrogen (secondary N) is 1. The van der Waals surface area contributed by atoms with E-state index in [1.54, 1.807) is 12.1 Å². The molecule has 0 saturated carbocycles. The third-order valence-electron chi connectivity index (χ3n) is 4.74. The van der Waals surface area contributed by atoms with Crippen LogP contribution in [0.2, 0.25) is 5.02 Å². The number of hydrogen-bond acceptors (Lipinski definition) is 5. The molecule has 5 nitrogen and oxygen atoms in total. The first kappa shape index (κ1) is 22.8. The van der Waals surface area contributed by atoms with E-state index in [2.05, 4.69) is 12.2 Å². The molecule has 3 aromatic rings. The van der Waals surface area contributed by atoms with Gasteiger partial charge in [-0.1, -0.05) is 42.8 Å². The van der Waals surface area contributed by atoms with Crippen molar-refractivity contribution in [3.05, 3.63) is 70.1 Å². The highest BCUT2D eigenvalue weighted by Gasteiger charge is 2.22. The number of methoxy groups -OCH3 is 1. The smallest absolute Gasteiger partial charge is 0.341 e. The number of amides is 1. The molecule has 0 fully saturated rings. The highest BCUT2D eigenvalue weighted by molar-refractivity contribution is 7.15. The Morgan fingerprint density at radius 2 is 1.77 bits per heavy atom. The van der Waals surface area contributed by atoms with Crippen LogP contribution in [-0.2, 0) is 16.0 Å². The van der Waals surface area contributed by atoms with E-state index >= 15 is 0 Å². The topological polar surface area (TPSA) is 64.6 Å². The van der Waals surface area contributed by atoms with Crippen molar-refractivity contribution in [1.82, 2.24) is 0 Å². The van der Waals surface area contributed by atoms with Gasteiger partial charge in [0.1, 0.15) is 16.3 Å². The molecule has 1 amide bonds. The Morgan fingerprint density at radius 3 is 2.42 bits per heavy atom. The van der Waals surface area contributed by atoms with Gasteiger partial charge in [-0.05, 0) is 48.2 Å². The summed E-state index contributed by atoms with van der Waals surface area (Å²) in [5.74, 6) is 0.108. The van der Waals surface area contributed by atoms with Gasteiger partial charge in [-0.15, -0.1) is 11.3 Å². The first-order valence-corrected chi connectivity index (χ1v) is 11.2. The Labute approximate surface area is 191 Å². The first-order chi connectivity index (χ1) is 15.0. The molecule has 1 heterocycles. The minimum Gasteiger partial charge on any atom is -0.494 e. The van der Waals surface area contributed by atoms with E-state index in [0.29, 0.717) is 34.2 Å².